The van der Waals surface area contributed by atoms with Crippen LogP contribution in [-0.4, -0.2) is 81.8 Å². The van der Waals surface area contributed by atoms with E-state index in [1.807, 2.05) is 0 Å². The molecule has 2 bridgehead atoms. The summed E-state index contributed by atoms with van der Waals surface area (Å²) in [6, 6.07) is -2.56. The minimum atomic E-state index is -1.46. The first-order valence-electron chi connectivity index (χ1n) is 10.5. The largest absolute Gasteiger partial charge is 0.481 e. The average Bonchev–Trinajstić information content (AvgIpc) is 2.71. The van der Waals surface area contributed by atoms with Gasteiger partial charge in [-0.3, -0.25) is 29.0 Å². The number of hydrogen-bond acceptors (Lipinski definition) is 6. The van der Waals surface area contributed by atoms with E-state index in [2.05, 4.69) is 27.5 Å². The van der Waals surface area contributed by atoms with Gasteiger partial charge in [-0.15, -0.1) is 6.58 Å². The third kappa shape index (κ3) is 5.59. The normalized spacial score (nSPS) is 27.0. The maximum Gasteiger partial charge on any atom is 0.305 e. The van der Waals surface area contributed by atoms with E-state index in [9.17, 15) is 29.1 Å². The van der Waals surface area contributed by atoms with Crippen LogP contribution >= 0.6 is 0 Å². The highest BCUT2D eigenvalue weighted by molar-refractivity contribution is 6.04. The van der Waals surface area contributed by atoms with Gasteiger partial charge in [0.15, 0.2) is 5.96 Å². The van der Waals surface area contributed by atoms with E-state index < -0.39 is 59.2 Å². The number of aliphatic carboxylic acids is 1. The molecular formula is C20H31N7O6. The predicted molar refractivity (Wildman–Crippen MR) is 118 cm³/mol. The molecule has 3 rings (SSSR count). The summed E-state index contributed by atoms with van der Waals surface area (Å²) in [5, 5.41) is 16.8. The van der Waals surface area contributed by atoms with Crippen molar-refractivity contribution >= 4 is 35.6 Å². The number of nitrogens with zero attached hydrogens (tertiary/aromatic N) is 2. The molecule has 0 spiro atoms. The number of fused-ring (bicyclic) bond motifs is 8. The van der Waals surface area contributed by atoms with E-state index in [0.29, 0.717) is 6.42 Å². The molecule has 0 aromatic heterocycles. The zero-order chi connectivity index (χ0) is 25.0. The number of amides is 4. The fourth-order valence-corrected chi connectivity index (χ4v) is 3.78. The number of nitrogens with one attached hydrogen (secondary N) is 3. The third-order valence-electron chi connectivity index (χ3n) is 5.75. The number of rotatable bonds is 8. The molecule has 182 valence electrons. The molecule has 33 heavy (non-hydrogen) atoms. The lowest BCUT2D eigenvalue weighted by Crippen LogP contribution is -2.80. The van der Waals surface area contributed by atoms with Crippen LogP contribution in [0.15, 0.2) is 17.6 Å². The van der Waals surface area contributed by atoms with Gasteiger partial charge in [-0.25, -0.2) is 0 Å². The second-order valence-corrected chi connectivity index (χ2v) is 8.65. The van der Waals surface area contributed by atoms with Gasteiger partial charge in [-0.2, -0.15) is 0 Å². The zero-order valence-electron chi connectivity index (χ0n) is 18.7. The van der Waals surface area contributed by atoms with E-state index in [1.165, 1.54) is 24.8 Å². The first-order valence-corrected chi connectivity index (χ1v) is 10.5. The molecule has 3 fully saturated rings. The molecule has 0 aliphatic carbocycles. The standard InChI is InChI=1S/C20H31N7O6/c1-4-7-20-10-27(17(20)33)19(2,3)16(32)25-11(6-5-8-23-18(21)22)14(30)24-12(9-13(28)29)15(31)26-20/h4,11-12H,1,5-10H2,2-3H3,(H,24,30)(H,25,32)(H,26,31)(H,28,29)(H4,21,22,23)/t11-,12-,20-/m0/s1. The van der Waals surface area contributed by atoms with Gasteiger partial charge in [0.1, 0.15) is 23.2 Å². The molecule has 3 aliphatic heterocycles. The molecule has 0 saturated carbocycles. The number of guanidine groups is 1. The van der Waals surface area contributed by atoms with E-state index in [4.69, 9.17) is 11.5 Å². The molecule has 0 aromatic rings. The summed E-state index contributed by atoms with van der Waals surface area (Å²) >= 11 is 0. The lowest BCUT2D eigenvalue weighted by Gasteiger charge is -2.55. The lowest BCUT2D eigenvalue weighted by atomic mass is 9.80. The Morgan fingerprint density at radius 1 is 1.21 bits per heavy atom. The summed E-state index contributed by atoms with van der Waals surface area (Å²) in [4.78, 5) is 68.4. The fraction of sp³-hybridized carbons (Fsp3) is 0.600. The third-order valence-corrected chi connectivity index (χ3v) is 5.75. The Morgan fingerprint density at radius 2 is 1.88 bits per heavy atom. The van der Waals surface area contributed by atoms with Gasteiger partial charge in [0.25, 0.3) is 5.91 Å². The number of carbonyl (C=O) groups is 5. The van der Waals surface area contributed by atoms with Crippen LogP contribution in [0.2, 0.25) is 0 Å². The van der Waals surface area contributed by atoms with Crippen molar-refractivity contribution in [1.29, 1.82) is 0 Å². The van der Waals surface area contributed by atoms with Gasteiger partial charge in [-0.1, -0.05) is 6.08 Å². The van der Waals surface area contributed by atoms with E-state index >= 15 is 0 Å². The van der Waals surface area contributed by atoms with Gasteiger partial charge in [0.2, 0.25) is 17.7 Å². The molecule has 13 nitrogen and oxygen atoms in total. The second-order valence-electron chi connectivity index (χ2n) is 8.65. The molecule has 3 saturated heterocycles. The van der Waals surface area contributed by atoms with Crippen LogP contribution in [0, 0.1) is 0 Å². The second kappa shape index (κ2) is 9.88. The number of β-lactam (4-membered cyclic amide) rings is 1. The van der Waals surface area contributed by atoms with Crippen LogP contribution in [-0.2, 0) is 24.0 Å². The van der Waals surface area contributed by atoms with Crippen molar-refractivity contribution in [2.45, 2.75) is 62.7 Å². The van der Waals surface area contributed by atoms with Gasteiger partial charge in [0, 0.05) is 6.54 Å². The summed E-state index contributed by atoms with van der Waals surface area (Å²) in [7, 11) is 0. The zero-order valence-corrected chi connectivity index (χ0v) is 18.7. The Morgan fingerprint density at radius 3 is 2.42 bits per heavy atom. The van der Waals surface area contributed by atoms with Crippen molar-refractivity contribution in [3.05, 3.63) is 12.7 Å². The number of carbonyl (C=O) groups excluding carboxylic acids is 4. The smallest absolute Gasteiger partial charge is 0.305 e. The fourth-order valence-electron chi connectivity index (χ4n) is 3.78. The van der Waals surface area contributed by atoms with Crippen LogP contribution in [0.3, 0.4) is 0 Å². The van der Waals surface area contributed by atoms with Gasteiger partial charge in [0.05, 0.1) is 13.0 Å². The Balaban J connectivity index is 2.39. The van der Waals surface area contributed by atoms with Gasteiger partial charge >= 0.3 is 5.97 Å². The quantitative estimate of drug-likeness (QED) is 0.0564. The SMILES string of the molecule is C=CC[C@]12CN(C1=O)C(C)(C)C(=O)N[C@@H](CCCN=C(N)N)C(=O)N[C@@H](CC(=O)O)C(=O)N2. The predicted octanol–water partition coefficient (Wildman–Crippen LogP) is -2.45. The van der Waals surface area contributed by atoms with Crippen molar-refractivity contribution in [1.82, 2.24) is 20.9 Å². The van der Waals surface area contributed by atoms with Crippen molar-refractivity contribution in [2.24, 2.45) is 16.5 Å². The number of carboxylic acid groups (broad SMARTS) is 1. The minimum Gasteiger partial charge on any atom is -0.481 e. The van der Waals surface area contributed by atoms with Crippen LogP contribution < -0.4 is 27.4 Å². The van der Waals surface area contributed by atoms with E-state index in [0.717, 1.165) is 0 Å². The lowest BCUT2D eigenvalue weighted by molar-refractivity contribution is -0.169. The molecule has 0 aromatic carbocycles. The Kier molecular flexibility index (Phi) is 7.67. The van der Waals surface area contributed by atoms with Crippen molar-refractivity contribution < 1.29 is 29.1 Å². The van der Waals surface area contributed by atoms with Crippen molar-refractivity contribution in [2.75, 3.05) is 13.1 Å². The topological polar surface area (TPSA) is 209 Å². The van der Waals surface area contributed by atoms with Crippen LogP contribution in [0.4, 0.5) is 0 Å². The molecular weight excluding hydrogens is 434 g/mol. The summed E-state index contributed by atoms with van der Waals surface area (Å²) in [6.45, 7) is 6.89. The number of hydrogen-bond donors (Lipinski definition) is 6. The average molecular weight is 466 g/mol. The van der Waals surface area contributed by atoms with Crippen molar-refractivity contribution in [3.8, 4) is 0 Å². The van der Waals surface area contributed by atoms with Crippen LogP contribution in [0.1, 0.15) is 39.5 Å². The highest BCUT2D eigenvalue weighted by Crippen LogP contribution is 2.34. The molecule has 3 atom stereocenters. The molecule has 0 unspecified atom stereocenters. The Bertz CT molecular complexity index is 882. The molecule has 0 radical (unpaired) electrons. The first kappa shape index (κ1) is 25.6. The molecule has 3 heterocycles. The van der Waals surface area contributed by atoms with Crippen molar-refractivity contribution in [3.63, 3.8) is 0 Å². The van der Waals surface area contributed by atoms with E-state index in [1.54, 1.807) is 0 Å². The summed E-state index contributed by atoms with van der Waals surface area (Å²) < 4.78 is 0. The van der Waals surface area contributed by atoms with Gasteiger partial charge < -0.3 is 37.4 Å². The maximum atomic E-state index is 13.1. The first-order chi connectivity index (χ1) is 15.3. The molecule has 3 aliphatic rings. The summed E-state index contributed by atoms with van der Waals surface area (Å²) in [5.41, 5.74) is 7.91. The monoisotopic (exact) mass is 465 g/mol. The highest BCUT2D eigenvalue weighted by atomic mass is 16.4. The van der Waals surface area contributed by atoms with E-state index in [-0.39, 0.29) is 31.9 Å². The highest BCUT2D eigenvalue weighted by Gasteiger charge is 2.59. The molecule has 8 N–H and O–H groups in total. The summed E-state index contributed by atoms with van der Waals surface area (Å²) in [5.74, 6) is -4.08. The maximum absolute atomic E-state index is 13.1. The number of nitrogens with two attached hydrogens (primary N) is 2. The van der Waals surface area contributed by atoms with Crippen LogP contribution in [0.25, 0.3) is 0 Å². The summed E-state index contributed by atoms with van der Waals surface area (Å²) in [6.07, 6.45) is 1.25. The Hall–Kier alpha value is -3.64. The Labute approximate surface area is 191 Å². The van der Waals surface area contributed by atoms with Crippen LogP contribution in [0.5, 0.6) is 0 Å². The minimum absolute atomic E-state index is 0.0207. The number of aliphatic imine (C=N–C) groups is 1. The number of carboxylic acids is 1. The molecule has 4 amide bonds. The molecule has 13 heteroatoms. The van der Waals surface area contributed by atoms with Gasteiger partial charge in [-0.05, 0) is 33.1 Å².